The van der Waals surface area contributed by atoms with Gasteiger partial charge in [-0.3, -0.25) is 24.5 Å². The maximum atomic E-state index is 13.4. The Balaban J connectivity index is 1.21. The van der Waals surface area contributed by atoms with Crippen molar-refractivity contribution in [1.29, 1.82) is 0 Å². The lowest BCUT2D eigenvalue weighted by atomic mass is 10.0. The largest absolute Gasteiger partial charge is 0.369 e. The zero-order valence-electron chi connectivity index (χ0n) is 22.2. The molecule has 0 saturated carbocycles. The summed E-state index contributed by atoms with van der Waals surface area (Å²) in [5, 5.41) is 6.35. The molecule has 202 valence electrons. The second kappa shape index (κ2) is 9.85. The van der Waals surface area contributed by atoms with E-state index in [1.54, 1.807) is 18.2 Å². The second-order valence-electron chi connectivity index (χ2n) is 10.6. The molecule has 2 aromatic carbocycles. The van der Waals surface area contributed by atoms with E-state index in [1.165, 1.54) is 4.90 Å². The SMILES string of the molecule is CCc1c(C(=O)Nc2ccc3c(c2)CN(C2CCC(=O)NC2=O)C3=O)[nH]c2cc(N3CCN(C)CC3)ccc12. The normalized spacial score (nSPS) is 19.9. The number of hydrogen-bond acceptors (Lipinski definition) is 6. The van der Waals surface area contributed by atoms with Crippen LogP contribution in [0.25, 0.3) is 10.9 Å². The Kier molecular flexibility index (Phi) is 6.34. The predicted molar refractivity (Wildman–Crippen MR) is 148 cm³/mol. The summed E-state index contributed by atoms with van der Waals surface area (Å²) < 4.78 is 0. The smallest absolute Gasteiger partial charge is 0.272 e. The fraction of sp³-hybridized carbons (Fsp3) is 0.379. The highest BCUT2D eigenvalue weighted by molar-refractivity contribution is 6.09. The van der Waals surface area contributed by atoms with Crippen LogP contribution < -0.4 is 15.5 Å². The number of anilines is 2. The van der Waals surface area contributed by atoms with E-state index in [2.05, 4.69) is 50.7 Å². The van der Waals surface area contributed by atoms with Gasteiger partial charge < -0.3 is 25.0 Å². The average molecular weight is 529 g/mol. The number of fused-ring (bicyclic) bond motifs is 2. The number of nitrogens with one attached hydrogen (secondary N) is 3. The minimum Gasteiger partial charge on any atom is -0.369 e. The molecule has 4 heterocycles. The number of piperazine rings is 1. The third kappa shape index (κ3) is 4.54. The number of aromatic amines is 1. The lowest BCUT2D eigenvalue weighted by Gasteiger charge is -2.34. The van der Waals surface area contributed by atoms with Gasteiger partial charge in [0.05, 0.1) is 0 Å². The number of nitrogens with zero attached hydrogens (tertiary/aromatic N) is 3. The molecule has 10 heteroatoms. The maximum absolute atomic E-state index is 13.4. The molecule has 10 nitrogen and oxygen atoms in total. The third-order valence-corrected chi connectivity index (χ3v) is 8.12. The Morgan fingerprint density at radius 1 is 1.05 bits per heavy atom. The van der Waals surface area contributed by atoms with Gasteiger partial charge in [0.2, 0.25) is 11.8 Å². The quantitative estimate of drug-likeness (QED) is 0.438. The molecular weight excluding hydrogens is 496 g/mol. The van der Waals surface area contributed by atoms with Crippen LogP contribution in [-0.4, -0.2) is 77.7 Å². The number of piperidine rings is 1. The highest BCUT2D eigenvalue weighted by Crippen LogP contribution is 2.31. The van der Waals surface area contributed by atoms with Gasteiger partial charge in [-0.2, -0.15) is 0 Å². The van der Waals surface area contributed by atoms with E-state index in [4.69, 9.17) is 0 Å². The van der Waals surface area contributed by atoms with E-state index in [1.807, 2.05) is 6.92 Å². The highest BCUT2D eigenvalue weighted by atomic mass is 16.2. The molecule has 3 aliphatic rings. The number of aryl methyl sites for hydroxylation is 1. The number of aromatic nitrogens is 1. The van der Waals surface area contributed by atoms with Crippen molar-refractivity contribution in [3.05, 3.63) is 58.8 Å². The Bertz CT molecular complexity index is 1500. The van der Waals surface area contributed by atoms with Crippen LogP contribution in [0.1, 0.15) is 51.7 Å². The summed E-state index contributed by atoms with van der Waals surface area (Å²) in [5.41, 5.74) is 5.41. The van der Waals surface area contributed by atoms with Crippen molar-refractivity contribution in [3.63, 3.8) is 0 Å². The van der Waals surface area contributed by atoms with Gasteiger partial charge in [-0.1, -0.05) is 13.0 Å². The van der Waals surface area contributed by atoms with Crippen LogP contribution in [0.5, 0.6) is 0 Å². The maximum Gasteiger partial charge on any atom is 0.272 e. The third-order valence-electron chi connectivity index (χ3n) is 8.12. The van der Waals surface area contributed by atoms with Gasteiger partial charge in [0.15, 0.2) is 0 Å². The molecule has 2 fully saturated rings. The van der Waals surface area contributed by atoms with Crippen LogP contribution in [-0.2, 0) is 22.6 Å². The molecule has 0 aliphatic carbocycles. The summed E-state index contributed by atoms with van der Waals surface area (Å²) in [4.78, 5) is 59.8. The zero-order chi connectivity index (χ0) is 27.3. The van der Waals surface area contributed by atoms with Gasteiger partial charge in [0, 0.05) is 67.0 Å². The van der Waals surface area contributed by atoms with Crippen molar-refractivity contribution in [2.24, 2.45) is 0 Å². The van der Waals surface area contributed by atoms with Gasteiger partial charge in [-0.15, -0.1) is 0 Å². The van der Waals surface area contributed by atoms with Crippen molar-refractivity contribution in [2.75, 3.05) is 43.4 Å². The first-order valence-electron chi connectivity index (χ1n) is 13.5. The Morgan fingerprint density at radius 3 is 2.59 bits per heavy atom. The van der Waals surface area contributed by atoms with Crippen molar-refractivity contribution in [3.8, 4) is 0 Å². The molecule has 0 bridgehead atoms. The number of carbonyl (C=O) groups is 4. The van der Waals surface area contributed by atoms with E-state index in [-0.39, 0.29) is 30.7 Å². The fourth-order valence-corrected chi connectivity index (χ4v) is 5.91. The number of amides is 4. The summed E-state index contributed by atoms with van der Waals surface area (Å²) >= 11 is 0. The Morgan fingerprint density at radius 2 is 1.85 bits per heavy atom. The molecule has 3 N–H and O–H groups in total. The van der Waals surface area contributed by atoms with Crippen LogP contribution in [0.2, 0.25) is 0 Å². The second-order valence-corrected chi connectivity index (χ2v) is 10.6. The van der Waals surface area contributed by atoms with Crippen LogP contribution in [0, 0.1) is 0 Å². The molecule has 3 aromatic rings. The summed E-state index contributed by atoms with van der Waals surface area (Å²) in [7, 11) is 2.14. The first-order valence-corrected chi connectivity index (χ1v) is 13.5. The molecular formula is C29H32N6O4. The van der Waals surface area contributed by atoms with E-state index in [0.717, 1.165) is 53.9 Å². The fourth-order valence-electron chi connectivity index (χ4n) is 5.91. The van der Waals surface area contributed by atoms with E-state index in [9.17, 15) is 19.2 Å². The summed E-state index contributed by atoms with van der Waals surface area (Å²) in [6, 6.07) is 10.9. The molecule has 0 radical (unpaired) electrons. The monoisotopic (exact) mass is 528 g/mol. The van der Waals surface area contributed by atoms with Gasteiger partial charge in [-0.05, 0) is 61.3 Å². The van der Waals surface area contributed by atoms with Crippen LogP contribution in [0.4, 0.5) is 11.4 Å². The molecule has 3 aliphatic heterocycles. The number of likely N-dealkylation sites (N-methyl/N-ethyl adjacent to an activating group) is 1. The number of carbonyl (C=O) groups excluding carboxylic acids is 4. The summed E-state index contributed by atoms with van der Waals surface area (Å²) in [6.07, 6.45) is 1.22. The number of imide groups is 1. The molecule has 2 saturated heterocycles. The number of hydrogen-bond donors (Lipinski definition) is 3. The molecule has 1 atom stereocenters. The molecule has 1 unspecified atom stereocenters. The number of H-pyrrole nitrogens is 1. The van der Waals surface area contributed by atoms with Crippen molar-refractivity contribution in [2.45, 2.75) is 38.8 Å². The lowest BCUT2D eigenvalue weighted by Crippen LogP contribution is -2.52. The Labute approximate surface area is 226 Å². The lowest BCUT2D eigenvalue weighted by molar-refractivity contribution is -0.136. The van der Waals surface area contributed by atoms with E-state index in [0.29, 0.717) is 29.8 Å². The zero-order valence-corrected chi connectivity index (χ0v) is 22.2. The average Bonchev–Trinajstić information content (AvgIpc) is 3.46. The van der Waals surface area contributed by atoms with Gasteiger partial charge >= 0.3 is 0 Å². The minimum absolute atomic E-state index is 0.207. The van der Waals surface area contributed by atoms with E-state index < -0.39 is 11.9 Å². The molecule has 0 spiro atoms. The minimum atomic E-state index is -0.671. The topological polar surface area (TPSA) is 118 Å². The summed E-state index contributed by atoms with van der Waals surface area (Å²) in [6.45, 7) is 6.28. The molecule has 39 heavy (non-hydrogen) atoms. The number of rotatable bonds is 5. The van der Waals surface area contributed by atoms with Gasteiger partial charge in [0.1, 0.15) is 11.7 Å². The standard InChI is InChI=1S/C29H32N6O4/c1-3-20-22-7-5-19(34-12-10-33(2)11-13-34)15-23(22)31-26(20)28(38)30-18-4-6-21-17(14-18)16-35(29(21)39)24-8-9-25(36)32-27(24)37/h4-7,14-15,24,31H,3,8-13,16H2,1-2H3,(H,30,38)(H,32,36,37). The van der Waals surface area contributed by atoms with Crippen LogP contribution in [0.3, 0.4) is 0 Å². The van der Waals surface area contributed by atoms with Crippen molar-refractivity contribution in [1.82, 2.24) is 20.1 Å². The van der Waals surface area contributed by atoms with Gasteiger partial charge in [-0.25, -0.2) is 0 Å². The van der Waals surface area contributed by atoms with Crippen LogP contribution in [0.15, 0.2) is 36.4 Å². The van der Waals surface area contributed by atoms with Crippen molar-refractivity contribution < 1.29 is 19.2 Å². The Hall–Kier alpha value is -4.18. The van der Waals surface area contributed by atoms with Crippen molar-refractivity contribution >= 4 is 45.9 Å². The number of benzene rings is 2. The molecule has 1 aromatic heterocycles. The predicted octanol–water partition coefficient (Wildman–Crippen LogP) is 2.50. The molecule has 4 amide bonds. The van der Waals surface area contributed by atoms with Crippen LogP contribution >= 0.6 is 0 Å². The first-order chi connectivity index (χ1) is 18.8. The van der Waals surface area contributed by atoms with E-state index >= 15 is 0 Å². The summed E-state index contributed by atoms with van der Waals surface area (Å²) in [5.74, 6) is -1.24. The molecule has 6 rings (SSSR count). The van der Waals surface area contributed by atoms with Gasteiger partial charge in [0.25, 0.3) is 11.8 Å². The highest BCUT2D eigenvalue weighted by Gasteiger charge is 2.39. The first kappa shape index (κ1) is 25.1.